The second kappa shape index (κ2) is 4.15. The van der Waals surface area contributed by atoms with Crippen molar-refractivity contribution in [2.45, 2.75) is 32.2 Å². The summed E-state index contributed by atoms with van der Waals surface area (Å²) in [6, 6.07) is 8.22. The highest BCUT2D eigenvalue weighted by Gasteiger charge is 2.29. The molecule has 0 bridgehead atoms. The summed E-state index contributed by atoms with van der Waals surface area (Å²) < 4.78 is 0. The van der Waals surface area contributed by atoms with Crippen LogP contribution in [-0.4, -0.2) is 12.1 Å². The van der Waals surface area contributed by atoms with Crippen LogP contribution in [0.4, 0.5) is 0 Å². The summed E-state index contributed by atoms with van der Waals surface area (Å²) in [4.78, 5) is 0. The highest BCUT2D eigenvalue weighted by atomic mass is 35.5. The molecule has 1 saturated heterocycles. The molecule has 1 aliphatic heterocycles. The lowest BCUT2D eigenvalue weighted by Crippen LogP contribution is -2.31. The first-order valence-electron chi connectivity index (χ1n) is 5.55. The van der Waals surface area contributed by atoms with Crippen molar-refractivity contribution in [1.82, 2.24) is 5.32 Å². The molecule has 0 aromatic heterocycles. The van der Waals surface area contributed by atoms with Crippen LogP contribution in [0.25, 0.3) is 0 Å². The van der Waals surface area contributed by atoms with Gasteiger partial charge >= 0.3 is 0 Å². The first kappa shape index (κ1) is 11.0. The smallest absolute Gasteiger partial charge is 0.0406 e. The van der Waals surface area contributed by atoms with Crippen LogP contribution in [0.15, 0.2) is 24.3 Å². The average molecular weight is 224 g/mol. The maximum absolute atomic E-state index is 5.86. The van der Waals surface area contributed by atoms with Gasteiger partial charge < -0.3 is 5.32 Å². The minimum Gasteiger partial charge on any atom is -0.311 e. The summed E-state index contributed by atoms with van der Waals surface area (Å²) in [6.07, 6.45) is 2.42. The number of hydrogen-bond acceptors (Lipinski definition) is 1. The van der Waals surface area contributed by atoms with E-state index >= 15 is 0 Å². The van der Waals surface area contributed by atoms with Gasteiger partial charge in [-0.3, -0.25) is 0 Å². The molecule has 1 aliphatic rings. The molecule has 1 fully saturated rings. The van der Waals surface area contributed by atoms with Gasteiger partial charge in [0.15, 0.2) is 0 Å². The summed E-state index contributed by atoms with van der Waals surface area (Å²) in [6.45, 7) is 5.68. The molecule has 1 N–H and O–H groups in total. The molecule has 1 nitrogen and oxygen atoms in total. The Hall–Kier alpha value is -0.530. The van der Waals surface area contributed by atoms with Crippen molar-refractivity contribution in [3.63, 3.8) is 0 Å². The van der Waals surface area contributed by atoms with Gasteiger partial charge in [-0.15, -0.1) is 0 Å². The monoisotopic (exact) mass is 223 g/mol. The van der Waals surface area contributed by atoms with Gasteiger partial charge in [-0.05, 0) is 56.8 Å². The van der Waals surface area contributed by atoms with E-state index in [-0.39, 0.29) is 0 Å². The number of halogens is 1. The van der Waals surface area contributed by atoms with E-state index in [1.54, 1.807) is 0 Å². The maximum atomic E-state index is 5.86. The van der Waals surface area contributed by atoms with Gasteiger partial charge in [0.25, 0.3) is 0 Å². The Labute approximate surface area is 96.8 Å². The van der Waals surface area contributed by atoms with E-state index in [9.17, 15) is 0 Å². The maximum Gasteiger partial charge on any atom is 0.0406 e. The van der Waals surface area contributed by atoms with Gasteiger partial charge in [0.2, 0.25) is 0 Å². The van der Waals surface area contributed by atoms with Crippen molar-refractivity contribution >= 4 is 11.6 Å². The Balaban J connectivity index is 1.96. The highest BCUT2D eigenvalue weighted by molar-refractivity contribution is 6.30. The fraction of sp³-hybridized carbons (Fsp3) is 0.538. The predicted octanol–water partition coefficient (Wildman–Crippen LogP) is 3.27. The molecule has 1 atom stereocenters. The lowest BCUT2D eigenvalue weighted by atomic mass is 9.92. The summed E-state index contributed by atoms with van der Waals surface area (Å²) in [7, 11) is 0. The van der Waals surface area contributed by atoms with Gasteiger partial charge in [-0.2, -0.15) is 0 Å². The molecule has 0 spiro atoms. The molecule has 1 aromatic carbocycles. The van der Waals surface area contributed by atoms with E-state index in [1.165, 1.54) is 12.0 Å². The second-order valence-electron chi connectivity index (χ2n) is 5.17. The molecule has 1 aromatic rings. The molecule has 15 heavy (non-hydrogen) atoms. The van der Waals surface area contributed by atoms with Gasteiger partial charge in [0, 0.05) is 10.6 Å². The van der Waals surface area contributed by atoms with Crippen molar-refractivity contribution in [3.8, 4) is 0 Å². The van der Waals surface area contributed by atoms with Crippen LogP contribution in [0.3, 0.4) is 0 Å². The van der Waals surface area contributed by atoms with Crippen molar-refractivity contribution in [2.75, 3.05) is 6.54 Å². The molecule has 0 saturated carbocycles. The van der Waals surface area contributed by atoms with E-state index in [1.807, 2.05) is 12.1 Å². The molecular weight excluding hydrogens is 206 g/mol. The fourth-order valence-electron chi connectivity index (χ4n) is 2.38. The molecule has 2 heteroatoms. The van der Waals surface area contributed by atoms with E-state index in [2.05, 4.69) is 31.3 Å². The normalized spacial score (nSPS) is 24.3. The number of nitrogens with one attached hydrogen (secondary N) is 1. The van der Waals surface area contributed by atoms with Crippen molar-refractivity contribution < 1.29 is 0 Å². The fourth-order valence-corrected chi connectivity index (χ4v) is 2.51. The van der Waals surface area contributed by atoms with Gasteiger partial charge in [-0.25, -0.2) is 0 Å². The molecule has 0 aliphatic carbocycles. The summed E-state index contributed by atoms with van der Waals surface area (Å²) in [5.41, 5.74) is 1.71. The first-order chi connectivity index (χ1) is 7.05. The largest absolute Gasteiger partial charge is 0.311 e. The minimum atomic E-state index is 0.317. The summed E-state index contributed by atoms with van der Waals surface area (Å²) in [5, 5.41) is 4.37. The minimum absolute atomic E-state index is 0.317. The third-order valence-electron chi connectivity index (χ3n) is 3.11. The lowest BCUT2D eigenvalue weighted by Gasteiger charge is -2.17. The number of rotatable bonds is 2. The molecule has 1 unspecified atom stereocenters. The third-order valence-corrected chi connectivity index (χ3v) is 3.36. The van der Waals surface area contributed by atoms with Crippen molar-refractivity contribution in [1.29, 1.82) is 0 Å². The number of hydrogen-bond donors (Lipinski definition) is 1. The topological polar surface area (TPSA) is 12.0 Å². The standard InChI is InChI=1S/C13H18ClN/c1-13(2)8-11(9-15-13)7-10-3-5-12(14)6-4-10/h3-6,11,15H,7-9H2,1-2H3. The molecule has 0 radical (unpaired) electrons. The Morgan fingerprint density at radius 2 is 2.00 bits per heavy atom. The molecule has 1 heterocycles. The SMILES string of the molecule is CC1(C)CC(Cc2ccc(Cl)cc2)CN1. The summed E-state index contributed by atoms with van der Waals surface area (Å²) >= 11 is 5.86. The molecular formula is C13H18ClN. The van der Waals surface area contributed by atoms with Crippen molar-refractivity contribution in [2.24, 2.45) is 5.92 Å². The van der Waals surface area contributed by atoms with Crippen LogP contribution < -0.4 is 5.32 Å². The average Bonchev–Trinajstić information content (AvgIpc) is 2.50. The third kappa shape index (κ3) is 2.96. The van der Waals surface area contributed by atoms with Crippen LogP contribution >= 0.6 is 11.6 Å². The van der Waals surface area contributed by atoms with Gasteiger partial charge in [-0.1, -0.05) is 23.7 Å². The number of benzene rings is 1. The Morgan fingerprint density at radius 3 is 2.53 bits per heavy atom. The Bertz CT molecular complexity index is 329. The van der Waals surface area contributed by atoms with Gasteiger partial charge in [0.05, 0.1) is 0 Å². The van der Waals surface area contributed by atoms with Crippen LogP contribution in [0.5, 0.6) is 0 Å². The zero-order valence-corrected chi connectivity index (χ0v) is 10.1. The van der Waals surface area contributed by atoms with Crippen LogP contribution in [0.2, 0.25) is 5.02 Å². The van der Waals surface area contributed by atoms with Crippen LogP contribution in [0.1, 0.15) is 25.8 Å². The lowest BCUT2D eigenvalue weighted by molar-refractivity contribution is 0.441. The molecule has 0 amide bonds. The predicted molar refractivity (Wildman–Crippen MR) is 65.3 cm³/mol. The first-order valence-corrected chi connectivity index (χ1v) is 5.92. The van der Waals surface area contributed by atoms with Crippen LogP contribution in [0, 0.1) is 5.92 Å². The molecule has 2 rings (SSSR count). The summed E-state index contributed by atoms with van der Waals surface area (Å²) in [5.74, 6) is 0.765. The Kier molecular flexibility index (Phi) is 3.03. The van der Waals surface area contributed by atoms with E-state index in [0.29, 0.717) is 5.54 Å². The van der Waals surface area contributed by atoms with Crippen LogP contribution in [-0.2, 0) is 6.42 Å². The Morgan fingerprint density at radius 1 is 1.33 bits per heavy atom. The molecule has 82 valence electrons. The second-order valence-corrected chi connectivity index (χ2v) is 5.60. The van der Waals surface area contributed by atoms with E-state index < -0.39 is 0 Å². The quantitative estimate of drug-likeness (QED) is 0.812. The van der Waals surface area contributed by atoms with E-state index in [4.69, 9.17) is 11.6 Å². The zero-order chi connectivity index (χ0) is 10.9. The zero-order valence-electron chi connectivity index (χ0n) is 9.39. The highest BCUT2D eigenvalue weighted by Crippen LogP contribution is 2.26. The van der Waals surface area contributed by atoms with Crippen molar-refractivity contribution in [3.05, 3.63) is 34.9 Å². The van der Waals surface area contributed by atoms with Gasteiger partial charge in [0.1, 0.15) is 0 Å². The van der Waals surface area contributed by atoms with E-state index in [0.717, 1.165) is 23.9 Å².